The molecule has 6 nitrogen and oxygen atoms in total. The molecule has 2 rings (SSSR count). The van der Waals surface area contributed by atoms with Crippen LogP contribution < -0.4 is 0 Å². The van der Waals surface area contributed by atoms with Crippen molar-refractivity contribution in [1.82, 2.24) is 0 Å². The molecule has 116 valence electrons. The number of hydrogen-bond donors (Lipinski definition) is 0. The van der Waals surface area contributed by atoms with Crippen LogP contribution in [0.5, 0.6) is 0 Å². The fourth-order valence-corrected chi connectivity index (χ4v) is 2.45. The predicted octanol–water partition coefficient (Wildman–Crippen LogP) is 1.67. The smallest absolute Gasteiger partial charge is 0.348 e. The molecule has 0 spiro atoms. The standard InChI is InChI=1S/C15H20O6/c1-9(2)13(16)20-12-8-11(21-15(12)18)14(17)19-10-6-4-3-5-7-10/h10-12H,1,3-8H2,2H3. The molecule has 1 saturated carbocycles. The molecule has 1 aliphatic heterocycles. The maximum absolute atomic E-state index is 12.0. The summed E-state index contributed by atoms with van der Waals surface area (Å²) in [7, 11) is 0. The van der Waals surface area contributed by atoms with Gasteiger partial charge in [-0.15, -0.1) is 0 Å². The summed E-state index contributed by atoms with van der Waals surface area (Å²) in [5.74, 6) is -1.93. The summed E-state index contributed by atoms with van der Waals surface area (Å²) in [5, 5.41) is 0. The van der Waals surface area contributed by atoms with Crippen LogP contribution in [-0.4, -0.2) is 36.2 Å². The molecule has 1 saturated heterocycles. The molecule has 0 aromatic rings. The van der Waals surface area contributed by atoms with Crippen LogP contribution in [-0.2, 0) is 28.6 Å². The van der Waals surface area contributed by atoms with Crippen molar-refractivity contribution in [3.63, 3.8) is 0 Å². The molecule has 0 amide bonds. The van der Waals surface area contributed by atoms with E-state index in [0.717, 1.165) is 32.1 Å². The molecule has 1 aliphatic carbocycles. The molecule has 0 radical (unpaired) electrons. The average Bonchev–Trinajstić information content (AvgIpc) is 2.81. The second kappa shape index (κ2) is 6.74. The first-order valence-electron chi connectivity index (χ1n) is 7.25. The first kappa shape index (κ1) is 15.5. The van der Waals surface area contributed by atoms with E-state index in [9.17, 15) is 14.4 Å². The van der Waals surface area contributed by atoms with E-state index in [0.29, 0.717) is 0 Å². The van der Waals surface area contributed by atoms with Gasteiger partial charge in [-0.1, -0.05) is 13.0 Å². The van der Waals surface area contributed by atoms with Crippen LogP contribution in [0.3, 0.4) is 0 Å². The lowest BCUT2D eigenvalue weighted by Crippen LogP contribution is -2.29. The zero-order valence-electron chi connectivity index (χ0n) is 12.1. The van der Waals surface area contributed by atoms with E-state index in [1.807, 2.05) is 0 Å². The van der Waals surface area contributed by atoms with Gasteiger partial charge in [0.25, 0.3) is 0 Å². The first-order valence-corrected chi connectivity index (χ1v) is 7.25. The molecule has 2 aliphatic rings. The highest BCUT2D eigenvalue weighted by molar-refractivity contribution is 5.91. The summed E-state index contributed by atoms with van der Waals surface area (Å²) in [6.07, 6.45) is 2.81. The summed E-state index contributed by atoms with van der Waals surface area (Å²) >= 11 is 0. The Morgan fingerprint density at radius 2 is 1.86 bits per heavy atom. The highest BCUT2D eigenvalue weighted by Crippen LogP contribution is 2.24. The number of carbonyl (C=O) groups excluding carboxylic acids is 3. The van der Waals surface area contributed by atoms with E-state index in [4.69, 9.17) is 14.2 Å². The van der Waals surface area contributed by atoms with Crippen molar-refractivity contribution in [1.29, 1.82) is 0 Å². The molecule has 21 heavy (non-hydrogen) atoms. The van der Waals surface area contributed by atoms with Gasteiger partial charge in [-0.2, -0.15) is 0 Å². The first-order chi connectivity index (χ1) is 9.97. The Hall–Kier alpha value is -1.85. The van der Waals surface area contributed by atoms with E-state index in [-0.39, 0.29) is 18.1 Å². The molecule has 2 atom stereocenters. The SMILES string of the molecule is C=C(C)C(=O)OC1CC(C(=O)OC2CCCCC2)OC1=O. The Labute approximate surface area is 123 Å². The highest BCUT2D eigenvalue weighted by Gasteiger charge is 2.42. The molecule has 6 heteroatoms. The molecule has 2 fully saturated rings. The molecular formula is C15H20O6. The molecular weight excluding hydrogens is 276 g/mol. The largest absolute Gasteiger partial charge is 0.460 e. The molecule has 0 bridgehead atoms. The minimum atomic E-state index is -1.06. The lowest BCUT2D eigenvalue weighted by atomic mass is 9.98. The minimum absolute atomic E-state index is 0.00338. The van der Waals surface area contributed by atoms with Gasteiger partial charge in [0.2, 0.25) is 12.2 Å². The number of cyclic esters (lactones) is 1. The van der Waals surface area contributed by atoms with Gasteiger partial charge in [-0.25, -0.2) is 14.4 Å². The van der Waals surface area contributed by atoms with Gasteiger partial charge < -0.3 is 14.2 Å². The van der Waals surface area contributed by atoms with Crippen LogP contribution in [0.1, 0.15) is 45.4 Å². The minimum Gasteiger partial charge on any atom is -0.460 e. The summed E-state index contributed by atoms with van der Waals surface area (Å²) in [6.45, 7) is 4.92. The summed E-state index contributed by atoms with van der Waals surface area (Å²) in [5.41, 5.74) is 0.191. The Balaban J connectivity index is 1.84. The fourth-order valence-electron chi connectivity index (χ4n) is 2.45. The van der Waals surface area contributed by atoms with Crippen LogP contribution in [0.4, 0.5) is 0 Å². The Kier molecular flexibility index (Phi) is 4.98. The van der Waals surface area contributed by atoms with Crippen LogP contribution in [0.15, 0.2) is 12.2 Å². The summed E-state index contributed by atoms with van der Waals surface area (Å²) < 4.78 is 15.2. The van der Waals surface area contributed by atoms with Crippen LogP contribution in [0, 0.1) is 0 Å². The van der Waals surface area contributed by atoms with Crippen molar-refractivity contribution in [2.45, 2.75) is 63.8 Å². The molecule has 0 N–H and O–H groups in total. The van der Waals surface area contributed by atoms with Crippen LogP contribution in [0.2, 0.25) is 0 Å². The van der Waals surface area contributed by atoms with Gasteiger partial charge in [0.05, 0.1) is 0 Å². The fraction of sp³-hybridized carbons (Fsp3) is 0.667. The van der Waals surface area contributed by atoms with Gasteiger partial charge in [0.15, 0.2) is 0 Å². The predicted molar refractivity (Wildman–Crippen MR) is 72.2 cm³/mol. The highest BCUT2D eigenvalue weighted by atomic mass is 16.6. The molecule has 2 unspecified atom stereocenters. The topological polar surface area (TPSA) is 78.9 Å². The van der Waals surface area contributed by atoms with Gasteiger partial charge in [0.1, 0.15) is 6.10 Å². The molecule has 0 aromatic carbocycles. The zero-order chi connectivity index (χ0) is 15.4. The number of esters is 3. The van der Waals surface area contributed by atoms with Crippen molar-refractivity contribution in [3.05, 3.63) is 12.2 Å². The molecule has 0 aromatic heterocycles. The second-order valence-corrected chi connectivity index (χ2v) is 5.53. The van der Waals surface area contributed by atoms with Crippen LogP contribution >= 0.6 is 0 Å². The molecule has 1 heterocycles. The third-order valence-electron chi connectivity index (χ3n) is 3.65. The van der Waals surface area contributed by atoms with E-state index in [1.165, 1.54) is 6.92 Å². The quantitative estimate of drug-likeness (QED) is 0.446. The maximum atomic E-state index is 12.0. The lowest BCUT2D eigenvalue weighted by Gasteiger charge is -2.22. The maximum Gasteiger partial charge on any atom is 0.348 e. The number of hydrogen-bond acceptors (Lipinski definition) is 6. The average molecular weight is 296 g/mol. The summed E-state index contributed by atoms with van der Waals surface area (Å²) in [4.78, 5) is 35.0. The van der Waals surface area contributed by atoms with Gasteiger partial charge in [0, 0.05) is 12.0 Å². The van der Waals surface area contributed by atoms with E-state index >= 15 is 0 Å². The van der Waals surface area contributed by atoms with E-state index in [1.54, 1.807) is 0 Å². The second-order valence-electron chi connectivity index (χ2n) is 5.53. The van der Waals surface area contributed by atoms with Crippen molar-refractivity contribution < 1.29 is 28.6 Å². The Morgan fingerprint density at radius 3 is 2.48 bits per heavy atom. The van der Waals surface area contributed by atoms with E-state index < -0.39 is 30.1 Å². The van der Waals surface area contributed by atoms with Gasteiger partial charge in [-0.3, -0.25) is 0 Å². The monoisotopic (exact) mass is 296 g/mol. The zero-order valence-corrected chi connectivity index (χ0v) is 12.1. The summed E-state index contributed by atoms with van der Waals surface area (Å²) in [6, 6.07) is 0. The Bertz CT molecular complexity index is 449. The van der Waals surface area contributed by atoms with Crippen molar-refractivity contribution >= 4 is 17.9 Å². The van der Waals surface area contributed by atoms with Gasteiger partial charge >= 0.3 is 17.9 Å². The normalized spacial score (nSPS) is 26.0. The third kappa shape index (κ3) is 4.06. The number of ether oxygens (including phenoxy) is 3. The van der Waals surface area contributed by atoms with Gasteiger partial charge in [-0.05, 0) is 32.6 Å². The third-order valence-corrected chi connectivity index (χ3v) is 3.65. The van der Waals surface area contributed by atoms with Crippen LogP contribution in [0.25, 0.3) is 0 Å². The number of carbonyl (C=O) groups is 3. The Morgan fingerprint density at radius 1 is 1.19 bits per heavy atom. The lowest BCUT2D eigenvalue weighted by molar-refractivity contribution is -0.168. The van der Waals surface area contributed by atoms with Crippen molar-refractivity contribution in [3.8, 4) is 0 Å². The van der Waals surface area contributed by atoms with Crippen molar-refractivity contribution in [2.24, 2.45) is 0 Å². The van der Waals surface area contributed by atoms with Crippen molar-refractivity contribution in [2.75, 3.05) is 0 Å². The number of rotatable bonds is 4. The van der Waals surface area contributed by atoms with E-state index in [2.05, 4.69) is 6.58 Å².